The minimum absolute atomic E-state index is 0.264. The molecule has 3 rings (SSSR count). The topological polar surface area (TPSA) is 52.8 Å². The molecule has 0 heterocycles. The Morgan fingerprint density at radius 3 is 2.58 bits per heavy atom. The number of benzene rings is 1. The summed E-state index contributed by atoms with van der Waals surface area (Å²) in [4.78, 5) is 0. The zero-order valence-corrected chi connectivity index (χ0v) is 11.0. The van der Waals surface area contributed by atoms with Crippen LogP contribution in [0.1, 0.15) is 44.1 Å². The predicted octanol–water partition coefficient (Wildman–Crippen LogP) is 3.96. The first-order valence-corrected chi connectivity index (χ1v) is 7.03. The minimum atomic E-state index is 0.264. The van der Waals surface area contributed by atoms with Gasteiger partial charge in [0, 0.05) is 5.57 Å². The van der Waals surface area contributed by atoms with E-state index in [2.05, 4.69) is 5.16 Å². The Morgan fingerprint density at radius 2 is 1.89 bits per heavy atom. The molecule has 1 saturated carbocycles. The lowest BCUT2D eigenvalue weighted by atomic mass is 9.91. The van der Waals surface area contributed by atoms with Crippen molar-refractivity contribution < 1.29 is 10.3 Å². The molecule has 1 fully saturated rings. The lowest BCUT2D eigenvalue weighted by Crippen LogP contribution is -2.01. The van der Waals surface area contributed by atoms with Crippen LogP contribution in [0.25, 0.3) is 5.57 Å². The molecule has 0 aliphatic heterocycles. The van der Waals surface area contributed by atoms with E-state index in [0.29, 0.717) is 5.92 Å². The predicted molar refractivity (Wildman–Crippen MR) is 75.4 cm³/mol. The summed E-state index contributed by atoms with van der Waals surface area (Å²) in [5.41, 5.74) is 4.25. The van der Waals surface area contributed by atoms with Crippen LogP contribution >= 0.6 is 0 Å². The third-order valence-electron chi connectivity index (χ3n) is 4.34. The van der Waals surface area contributed by atoms with Crippen molar-refractivity contribution in [3.8, 4) is 5.75 Å². The van der Waals surface area contributed by atoms with Crippen molar-refractivity contribution in [3.05, 3.63) is 35.4 Å². The first-order valence-electron chi connectivity index (χ1n) is 7.03. The smallest absolute Gasteiger partial charge is 0.116 e. The van der Waals surface area contributed by atoms with E-state index in [1.807, 2.05) is 12.1 Å². The lowest BCUT2D eigenvalue weighted by molar-refractivity contribution is 0.319. The van der Waals surface area contributed by atoms with Crippen LogP contribution in [-0.2, 0) is 0 Å². The molecule has 0 radical (unpaired) electrons. The van der Waals surface area contributed by atoms with E-state index >= 15 is 0 Å². The average Bonchev–Trinajstić information content (AvgIpc) is 3.07. The lowest BCUT2D eigenvalue weighted by Gasteiger charge is -2.14. The number of phenolic OH excluding ortho intramolecular Hbond substituents is 1. The number of hydrogen-bond donors (Lipinski definition) is 2. The van der Waals surface area contributed by atoms with Crippen molar-refractivity contribution in [3.63, 3.8) is 0 Å². The molecule has 0 saturated heterocycles. The van der Waals surface area contributed by atoms with Crippen LogP contribution in [0.4, 0.5) is 0 Å². The van der Waals surface area contributed by atoms with E-state index < -0.39 is 0 Å². The molecule has 0 spiro atoms. The van der Waals surface area contributed by atoms with Gasteiger partial charge in [-0.1, -0.05) is 35.7 Å². The van der Waals surface area contributed by atoms with Crippen LogP contribution in [0.2, 0.25) is 0 Å². The number of aromatic hydroxyl groups is 1. The zero-order chi connectivity index (χ0) is 13.2. The second-order valence-corrected chi connectivity index (χ2v) is 5.48. The Kier molecular flexibility index (Phi) is 3.28. The van der Waals surface area contributed by atoms with Crippen LogP contribution in [0.5, 0.6) is 5.75 Å². The summed E-state index contributed by atoms with van der Waals surface area (Å²) in [6.07, 6.45) is 6.90. The fourth-order valence-electron chi connectivity index (χ4n) is 3.48. The molecule has 0 aromatic heterocycles. The van der Waals surface area contributed by atoms with Crippen molar-refractivity contribution >= 4 is 11.3 Å². The molecule has 0 atom stereocenters. The summed E-state index contributed by atoms with van der Waals surface area (Å²) in [5, 5.41) is 22.4. The Balaban J connectivity index is 2.07. The van der Waals surface area contributed by atoms with E-state index in [1.165, 1.54) is 31.3 Å². The third-order valence-corrected chi connectivity index (χ3v) is 4.34. The van der Waals surface area contributed by atoms with Gasteiger partial charge in [-0.15, -0.1) is 0 Å². The molecule has 2 aliphatic rings. The van der Waals surface area contributed by atoms with Gasteiger partial charge >= 0.3 is 0 Å². The van der Waals surface area contributed by atoms with E-state index in [9.17, 15) is 10.3 Å². The quantitative estimate of drug-likeness (QED) is 0.622. The van der Waals surface area contributed by atoms with E-state index in [1.54, 1.807) is 12.1 Å². The van der Waals surface area contributed by atoms with Crippen molar-refractivity contribution in [1.29, 1.82) is 0 Å². The first kappa shape index (κ1) is 12.3. The van der Waals surface area contributed by atoms with Gasteiger partial charge in [0.1, 0.15) is 5.75 Å². The average molecular weight is 257 g/mol. The molecule has 19 heavy (non-hydrogen) atoms. The Bertz CT molecular complexity index is 539. The van der Waals surface area contributed by atoms with Gasteiger partial charge in [-0.3, -0.25) is 0 Å². The van der Waals surface area contributed by atoms with Gasteiger partial charge in [-0.05, 0) is 49.3 Å². The van der Waals surface area contributed by atoms with Gasteiger partial charge < -0.3 is 10.3 Å². The number of hydrogen-bond acceptors (Lipinski definition) is 3. The fraction of sp³-hybridized carbons (Fsp3) is 0.438. The first-order chi connectivity index (χ1) is 9.29. The summed E-state index contributed by atoms with van der Waals surface area (Å²) >= 11 is 0. The normalized spacial score (nSPS) is 22.6. The van der Waals surface area contributed by atoms with E-state index in [-0.39, 0.29) is 5.75 Å². The maximum atomic E-state index is 9.66. The second-order valence-electron chi connectivity index (χ2n) is 5.48. The highest BCUT2D eigenvalue weighted by Crippen LogP contribution is 2.42. The highest BCUT2D eigenvalue weighted by Gasteiger charge is 2.30. The van der Waals surface area contributed by atoms with Gasteiger partial charge in [0.15, 0.2) is 0 Å². The molecule has 3 nitrogen and oxygen atoms in total. The number of oxime groups is 1. The Hall–Kier alpha value is -1.77. The highest BCUT2D eigenvalue weighted by molar-refractivity contribution is 6.26. The third kappa shape index (κ3) is 2.25. The van der Waals surface area contributed by atoms with Crippen LogP contribution in [-0.4, -0.2) is 16.0 Å². The van der Waals surface area contributed by atoms with Crippen molar-refractivity contribution in [2.75, 3.05) is 0 Å². The molecule has 1 aromatic carbocycles. The molecule has 100 valence electrons. The maximum absolute atomic E-state index is 9.66. The molecule has 0 unspecified atom stereocenters. The van der Waals surface area contributed by atoms with E-state index in [0.717, 1.165) is 29.7 Å². The summed E-state index contributed by atoms with van der Waals surface area (Å²) in [7, 11) is 0. The zero-order valence-electron chi connectivity index (χ0n) is 11.0. The van der Waals surface area contributed by atoms with Gasteiger partial charge in [0.05, 0.1) is 5.71 Å². The summed E-state index contributed by atoms with van der Waals surface area (Å²) in [6, 6.07) is 7.27. The number of rotatable bonds is 2. The van der Waals surface area contributed by atoms with Crippen molar-refractivity contribution in [2.45, 2.75) is 38.5 Å². The molecule has 1 aromatic rings. The second kappa shape index (κ2) is 5.08. The number of phenols is 1. The summed E-state index contributed by atoms with van der Waals surface area (Å²) in [5.74, 6) is 0.900. The van der Waals surface area contributed by atoms with Gasteiger partial charge in [0.25, 0.3) is 0 Å². The molecule has 0 amide bonds. The van der Waals surface area contributed by atoms with Crippen LogP contribution in [0, 0.1) is 5.92 Å². The van der Waals surface area contributed by atoms with Gasteiger partial charge in [-0.25, -0.2) is 0 Å². The van der Waals surface area contributed by atoms with Gasteiger partial charge in [-0.2, -0.15) is 0 Å². The number of nitrogens with zero attached hydrogens (tertiary/aromatic N) is 1. The number of allylic oxidation sites excluding steroid dienone is 2. The molecular weight excluding hydrogens is 238 g/mol. The summed E-state index contributed by atoms with van der Waals surface area (Å²) < 4.78 is 0. The Labute approximate surface area is 113 Å². The van der Waals surface area contributed by atoms with E-state index in [4.69, 9.17) is 0 Å². The molecule has 3 heteroatoms. The monoisotopic (exact) mass is 257 g/mol. The minimum Gasteiger partial charge on any atom is -0.508 e. The molecule has 2 aliphatic carbocycles. The molecular formula is C16H19NO2. The SMILES string of the molecule is O/N=C1\CCC(C2CCCC2)=C1c1cccc(O)c1. The largest absolute Gasteiger partial charge is 0.508 e. The van der Waals surface area contributed by atoms with Crippen LogP contribution in [0.3, 0.4) is 0 Å². The van der Waals surface area contributed by atoms with Crippen molar-refractivity contribution in [2.24, 2.45) is 11.1 Å². The standard InChI is InChI=1S/C16H19NO2/c18-13-7-3-6-12(10-13)16-14(8-9-15(16)17-19)11-4-1-2-5-11/h3,6-7,10-11,18-19H,1-2,4-5,8-9H2/b17-15+. The van der Waals surface area contributed by atoms with Crippen LogP contribution in [0.15, 0.2) is 35.0 Å². The highest BCUT2D eigenvalue weighted by atomic mass is 16.4. The molecule has 2 N–H and O–H groups in total. The van der Waals surface area contributed by atoms with Crippen molar-refractivity contribution in [1.82, 2.24) is 0 Å². The summed E-state index contributed by atoms with van der Waals surface area (Å²) in [6.45, 7) is 0. The maximum Gasteiger partial charge on any atom is 0.116 e. The Morgan fingerprint density at radius 1 is 1.11 bits per heavy atom. The van der Waals surface area contributed by atoms with Crippen LogP contribution < -0.4 is 0 Å². The van der Waals surface area contributed by atoms with Gasteiger partial charge in [0.2, 0.25) is 0 Å². The fourth-order valence-corrected chi connectivity index (χ4v) is 3.48. The molecule has 0 bridgehead atoms.